The van der Waals surface area contributed by atoms with Gasteiger partial charge in [0.05, 0.1) is 0 Å². The van der Waals surface area contributed by atoms with Gasteiger partial charge >= 0.3 is 0 Å². The lowest BCUT2D eigenvalue weighted by Crippen LogP contribution is -2.31. The quantitative estimate of drug-likeness (QED) is 0.665. The third kappa shape index (κ3) is 7.16. The summed E-state index contributed by atoms with van der Waals surface area (Å²) >= 11 is 0. The summed E-state index contributed by atoms with van der Waals surface area (Å²) in [5.74, 6) is 0.516. The van der Waals surface area contributed by atoms with Crippen LogP contribution in [-0.2, 0) is 15.5 Å². The van der Waals surface area contributed by atoms with Gasteiger partial charge in [-0.3, -0.25) is 4.21 Å². The summed E-state index contributed by atoms with van der Waals surface area (Å²) < 4.78 is 16.0. The van der Waals surface area contributed by atoms with Crippen molar-refractivity contribution in [1.29, 1.82) is 0 Å². The summed E-state index contributed by atoms with van der Waals surface area (Å²) in [6, 6.07) is 0. The van der Waals surface area contributed by atoms with E-state index in [-0.39, 0.29) is 5.25 Å². The van der Waals surface area contributed by atoms with Crippen molar-refractivity contribution in [3.05, 3.63) is 0 Å². The van der Waals surface area contributed by atoms with E-state index >= 15 is 0 Å². The van der Waals surface area contributed by atoms with Gasteiger partial charge in [0.25, 0.3) is 0 Å². The summed E-state index contributed by atoms with van der Waals surface area (Å²) in [6.07, 6.45) is 1.74. The lowest BCUT2D eigenvalue weighted by Gasteiger charge is -2.13. The molecule has 0 aromatic heterocycles. The molecule has 0 aliphatic heterocycles. The number of nitrogens with one attached hydrogen (secondary N) is 1. The van der Waals surface area contributed by atoms with Crippen molar-refractivity contribution in [3.8, 4) is 0 Å². The first-order chi connectivity index (χ1) is 6.07. The Morgan fingerprint density at radius 1 is 1.38 bits per heavy atom. The predicted octanol–water partition coefficient (Wildman–Crippen LogP) is 0.625. The van der Waals surface area contributed by atoms with E-state index in [2.05, 4.69) is 12.2 Å². The third-order valence-corrected chi connectivity index (χ3v) is 3.24. The second-order valence-corrected chi connectivity index (χ2v) is 5.33. The lowest BCUT2D eigenvalue weighted by atomic mass is 10.2. The fourth-order valence-electron chi connectivity index (χ4n) is 0.994. The predicted molar refractivity (Wildman–Crippen MR) is 57.4 cm³/mol. The highest BCUT2D eigenvalue weighted by Crippen LogP contribution is 1.94. The molecule has 0 rings (SSSR count). The van der Waals surface area contributed by atoms with E-state index < -0.39 is 10.8 Å². The molecule has 3 unspecified atom stereocenters. The number of hydrogen-bond acceptors (Lipinski definition) is 3. The van der Waals surface area contributed by atoms with Gasteiger partial charge in [-0.25, -0.2) is 0 Å². The molecular weight excluding hydrogens is 186 g/mol. The molecule has 13 heavy (non-hydrogen) atoms. The van der Waals surface area contributed by atoms with Crippen LogP contribution in [-0.4, -0.2) is 42.5 Å². The van der Waals surface area contributed by atoms with Crippen molar-refractivity contribution in [1.82, 2.24) is 5.32 Å². The maximum Gasteiger partial charge on any atom is 0.0499 e. The second-order valence-electron chi connectivity index (χ2n) is 3.53. The van der Waals surface area contributed by atoms with E-state index in [0.717, 1.165) is 19.7 Å². The number of rotatable bonds is 7. The minimum absolute atomic E-state index is 0.231. The van der Waals surface area contributed by atoms with Gasteiger partial charge in [-0.2, -0.15) is 0 Å². The van der Waals surface area contributed by atoms with Crippen molar-refractivity contribution in [3.63, 3.8) is 0 Å². The zero-order valence-electron chi connectivity index (χ0n) is 9.00. The van der Waals surface area contributed by atoms with Gasteiger partial charge in [-0.15, -0.1) is 0 Å². The molecule has 0 heterocycles. The summed E-state index contributed by atoms with van der Waals surface area (Å²) in [5, 5.41) is 3.51. The zero-order chi connectivity index (χ0) is 10.3. The maximum atomic E-state index is 11.0. The van der Waals surface area contributed by atoms with Gasteiger partial charge in [0, 0.05) is 42.6 Å². The van der Waals surface area contributed by atoms with Gasteiger partial charge in [-0.05, 0) is 19.4 Å². The SMILES string of the molecule is COCC(C)CNCC(C)S(C)=O. The summed E-state index contributed by atoms with van der Waals surface area (Å²) in [4.78, 5) is 0. The van der Waals surface area contributed by atoms with Crippen molar-refractivity contribution in [2.45, 2.75) is 19.1 Å². The van der Waals surface area contributed by atoms with Crippen LogP contribution < -0.4 is 5.32 Å². The molecule has 0 aromatic carbocycles. The van der Waals surface area contributed by atoms with Gasteiger partial charge < -0.3 is 10.1 Å². The molecule has 80 valence electrons. The molecule has 1 N–H and O–H groups in total. The van der Waals surface area contributed by atoms with Crippen LogP contribution in [0.3, 0.4) is 0 Å². The summed E-state index contributed by atoms with van der Waals surface area (Å²) in [6.45, 7) is 6.64. The van der Waals surface area contributed by atoms with Crippen molar-refractivity contribution in [2.75, 3.05) is 33.1 Å². The lowest BCUT2D eigenvalue weighted by molar-refractivity contribution is 0.158. The Morgan fingerprint density at radius 3 is 2.46 bits per heavy atom. The van der Waals surface area contributed by atoms with Crippen molar-refractivity contribution in [2.24, 2.45) is 5.92 Å². The highest BCUT2D eigenvalue weighted by atomic mass is 32.2. The summed E-state index contributed by atoms with van der Waals surface area (Å²) in [5.41, 5.74) is 0. The molecule has 4 heteroatoms. The summed E-state index contributed by atoms with van der Waals surface area (Å²) in [7, 11) is 0.986. The monoisotopic (exact) mass is 207 g/mol. The third-order valence-electron chi connectivity index (χ3n) is 1.94. The molecule has 0 fully saturated rings. The number of methoxy groups -OCH3 is 1. The standard InChI is InChI=1S/C9H21NO2S/c1-8(7-12-3)5-10-6-9(2)13(4)11/h8-10H,5-7H2,1-4H3. The van der Waals surface area contributed by atoms with Crippen LogP contribution in [0.15, 0.2) is 0 Å². The number of ether oxygens (including phenoxy) is 1. The molecule has 0 aliphatic carbocycles. The number of hydrogen-bond donors (Lipinski definition) is 1. The normalized spacial score (nSPS) is 18.2. The molecule has 3 nitrogen and oxygen atoms in total. The van der Waals surface area contributed by atoms with Crippen LogP contribution in [0.1, 0.15) is 13.8 Å². The van der Waals surface area contributed by atoms with E-state index in [9.17, 15) is 4.21 Å². The molecule has 0 amide bonds. The average molecular weight is 207 g/mol. The molecule has 0 aliphatic rings. The van der Waals surface area contributed by atoms with E-state index in [1.165, 1.54) is 0 Å². The zero-order valence-corrected chi connectivity index (χ0v) is 9.82. The second kappa shape index (κ2) is 7.47. The molecular formula is C9H21NO2S. The van der Waals surface area contributed by atoms with Crippen LogP contribution in [0.2, 0.25) is 0 Å². The minimum Gasteiger partial charge on any atom is -0.384 e. The largest absolute Gasteiger partial charge is 0.384 e. The van der Waals surface area contributed by atoms with Gasteiger partial charge in [0.1, 0.15) is 0 Å². The molecule has 0 radical (unpaired) electrons. The van der Waals surface area contributed by atoms with Crippen LogP contribution in [0.5, 0.6) is 0 Å². The smallest absolute Gasteiger partial charge is 0.0499 e. The molecule has 0 aromatic rings. The fraction of sp³-hybridized carbons (Fsp3) is 1.00. The highest BCUT2D eigenvalue weighted by molar-refractivity contribution is 7.84. The Hall–Kier alpha value is 0.0700. The Labute approximate surface area is 83.7 Å². The molecule has 3 atom stereocenters. The molecule has 0 spiro atoms. The molecule has 0 saturated heterocycles. The fourth-order valence-corrected chi connectivity index (χ4v) is 1.35. The maximum absolute atomic E-state index is 11.0. The van der Waals surface area contributed by atoms with E-state index in [1.807, 2.05) is 6.92 Å². The first-order valence-corrected chi connectivity index (χ1v) is 6.22. The first-order valence-electron chi connectivity index (χ1n) is 4.59. The highest BCUT2D eigenvalue weighted by Gasteiger charge is 2.06. The van der Waals surface area contributed by atoms with Crippen LogP contribution in [0, 0.1) is 5.92 Å². The van der Waals surface area contributed by atoms with Gasteiger partial charge in [0.15, 0.2) is 0 Å². The first kappa shape index (κ1) is 13.1. The average Bonchev–Trinajstić information content (AvgIpc) is 2.04. The Morgan fingerprint density at radius 2 is 2.00 bits per heavy atom. The van der Waals surface area contributed by atoms with Crippen molar-refractivity contribution >= 4 is 10.8 Å². The van der Waals surface area contributed by atoms with Gasteiger partial charge in [-0.1, -0.05) is 6.92 Å². The van der Waals surface area contributed by atoms with Gasteiger partial charge in [0.2, 0.25) is 0 Å². The molecule has 0 saturated carbocycles. The Kier molecular flexibility index (Phi) is 7.51. The Bertz CT molecular complexity index is 153. The van der Waals surface area contributed by atoms with Crippen LogP contribution in [0.4, 0.5) is 0 Å². The van der Waals surface area contributed by atoms with E-state index in [0.29, 0.717) is 5.92 Å². The van der Waals surface area contributed by atoms with Crippen LogP contribution in [0.25, 0.3) is 0 Å². The minimum atomic E-state index is -0.723. The van der Waals surface area contributed by atoms with E-state index in [4.69, 9.17) is 4.74 Å². The Balaban J connectivity index is 3.39. The van der Waals surface area contributed by atoms with E-state index in [1.54, 1.807) is 13.4 Å². The topological polar surface area (TPSA) is 38.3 Å². The molecule has 0 bridgehead atoms. The van der Waals surface area contributed by atoms with Crippen molar-refractivity contribution < 1.29 is 8.95 Å². The van der Waals surface area contributed by atoms with Crippen LogP contribution >= 0.6 is 0 Å².